The standard InChI is InChI=1S/C14H17N5O3S2/c1-3-6-15-13-17-18-14(24-13)23-8-12(20)16-11-5-4-10(19(21)22)7-9(11)2/h4-5,7H,3,6,8H2,1-2H3,(H,15,17)(H,16,20). The maximum Gasteiger partial charge on any atom is 0.269 e. The molecule has 0 bridgehead atoms. The summed E-state index contributed by atoms with van der Waals surface area (Å²) in [6, 6.07) is 4.33. The molecule has 0 aliphatic carbocycles. The van der Waals surface area contributed by atoms with Crippen LogP contribution in [0.3, 0.4) is 0 Å². The number of non-ortho nitro benzene ring substituents is 1. The Bertz CT molecular complexity index is 735. The molecular formula is C14H17N5O3S2. The molecule has 0 unspecified atom stereocenters. The van der Waals surface area contributed by atoms with E-state index in [2.05, 4.69) is 27.8 Å². The van der Waals surface area contributed by atoms with Gasteiger partial charge in [0.2, 0.25) is 11.0 Å². The van der Waals surface area contributed by atoms with Gasteiger partial charge in [0, 0.05) is 24.4 Å². The van der Waals surface area contributed by atoms with Crippen LogP contribution in [0.4, 0.5) is 16.5 Å². The number of rotatable bonds is 8. The van der Waals surface area contributed by atoms with Crippen molar-refractivity contribution < 1.29 is 9.72 Å². The van der Waals surface area contributed by atoms with Crippen LogP contribution in [0.2, 0.25) is 0 Å². The van der Waals surface area contributed by atoms with Gasteiger partial charge in [-0.05, 0) is 25.0 Å². The average Bonchev–Trinajstić information content (AvgIpc) is 3.00. The fourth-order valence-corrected chi connectivity index (χ4v) is 3.36. The number of nitrogens with zero attached hydrogens (tertiary/aromatic N) is 3. The molecule has 0 fully saturated rings. The van der Waals surface area contributed by atoms with Crippen LogP contribution < -0.4 is 10.6 Å². The summed E-state index contributed by atoms with van der Waals surface area (Å²) in [5, 5.41) is 25.3. The van der Waals surface area contributed by atoms with Gasteiger partial charge >= 0.3 is 0 Å². The van der Waals surface area contributed by atoms with Gasteiger partial charge in [-0.3, -0.25) is 14.9 Å². The van der Waals surface area contributed by atoms with E-state index in [0.29, 0.717) is 15.6 Å². The van der Waals surface area contributed by atoms with Crippen LogP contribution in [0, 0.1) is 17.0 Å². The number of hydrogen-bond acceptors (Lipinski definition) is 8. The molecule has 2 rings (SSSR count). The number of aryl methyl sites for hydroxylation is 1. The third-order valence-corrected chi connectivity index (χ3v) is 4.97. The van der Waals surface area contributed by atoms with Crippen LogP contribution in [-0.4, -0.2) is 33.3 Å². The molecule has 1 aromatic carbocycles. The van der Waals surface area contributed by atoms with Crippen molar-refractivity contribution in [3.8, 4) is 0 Å². The maximum atomic E-state index is 12.0. The first-order chi connectivity index (χ1) is 11.5. The van der Waals surface area contributed by atoms with Gasteiger partial charge in [0.15, 0.2) is 4.34 Å². The Hall–Kier alpha value is -2.20. The monoisotopic (exact) mass is 367 g/mol. The predicted molar refractivity (Wildman–Crippen MR) is 95.9 cm³/mol. The SMILES string of the molecule is CCCNc1nnc(SCC(=O)Nc2ccc([N+](=O)[O-])cc2C)s1. The molecule has 0 saturated carbocycles. The van der Waals surface area contributed by atoms with Crippen LogP contribution in [0.5, 0.6) is 0 Å². The van der Waals surface area contributed by atoms with Gasteiger partial charge in [-0.25, -0.2) is 0 Å². The van der Waals surface area contributed by atoms with Gasteiger partial charge in [0.1, 0.15) is 0 Å². The Labute approximate surface area is 147 Å². The normalized spacial score (nSPS) is 10.4. The van der Waals surface area contributed by atoms with Gasteiger partial charge < -0.3 is 10.6 Å². The largest absolute Gasteiger partial charge is 0.360 e. The van der Waals surface area contributed by atoms with E-state index in [-0.39, 0.29) is 17.3 Å². The molecule has 0 aliphatic heterocycles. The summed E-state index contributed by atoms with van der Waals surface area (Å²) in [6.45, 7) is 4.61. The van der Waals surface area contributed by atoms with E-state index in [1.54, 1.807) is 6.92 Å². The second-order valence-electron chi connectivity index (χ2n) is 4.89. The van der Waals surface area contributed by atoms with Gasteiger partial charge in [0.25, 0.3) is 5.69 Å². The number of benzene rings is 1. The number of nitro benzene ring substituents is 1. The van der Waals surface area contributed by atoms with Crippen molar-refractivity contribution in [1.82, 2.24) is 10.2 Å². The number of amides is 1. The van der Waals surface area contributed by atoms with E-state index in [4.69, 9.17) is 0 Å². The summed E-state index contributed by atoms with van der Waals surface area (Å²) in [5.74, 6) is -0.00558. The summed E-state index contributed by atoms with van der Waals surface area (Å²) < 4.78 is 0.712. The van der Waals surface area contributed by atoms with Crippen LogP contribution >= 0.6 is 23.1 Å². The molecule has 2 aromatic rings. The van der Waals surface area contributed by atoms with Crippen LogP contribution in [0.15, 0.2) is 22.5 Å². The molecule has 1 heterocycles. The lowest BCUT2D eigenvalue weighted by atomic mass is 10.2. The van der Waals surface area contributed by atoms with Crippen molar-refractivity contribution in [1.29, 1.82) is 0 Å². The van der Waals surface area contributed by atoms with E-state index < -0.39 is 4.92 Å². The van der Waals surface area contributed by atoms with E-state index in [1.165, 1.54) is 41.3 Å². The number of nitrogens with one attached hydrogen (secondary N) is 2. The summed E-state index contributed by atoms with van der Waals surface area (Å²) in [5.41, 5.74) is 1.21. The molecule has 0 aliphatic rings. The lowest BCUT2D eigenvalue weighted by molar-refractivity contribution is -0.384. The third-order valence-electron chi connectivity index (χ3n) is 2.95. The molecule has 0 spiro atoms. The van der Waals surface area contributed by atoms with E-state index in [9.17, 15) is 14.9 Å². The number of carbonyl (C=O) groups is 1. The summed E-state index contributed by atoms with van der Waals surface area (Å²) in [7, 11) is 0. The minimum atomic E-state index is -0.464. The molecule has 2 N–H and O–H groups in total. The number of thioether (sulfide) groups is 1. The first kappa shape index (κ1) is 18.1. The smallest absolute Gasteiger partial charge is 0.269 e. The van der Waals surface area contributed by atoms with Crippen molar-refractivity contribution in [2.24, 2.45) is 0 Å². The van der Waals surface area contributed by atoms with Crippen molar-refractivity contribution in [2.75, 3.05) is 22.9 Å². The van der Waals surface area contributed by atoms with Gasteiger partial charge in [0.05, 0.1) is 10.7 Å². The number of hydrogen-bond donors (Lipinski definition) is 2. The van der Waals surface area contributed by atoms with Gasteiger partial charge in [-0.15, -0.1) is 10.2 Å². The maximum absolute atomic E-state index is 12.0. The highest BCUT2D eigenvalue weighted by molar-refractivity contribution is 8.01. The van der Waals surface area contributed by atoms with Crippen molar-refractivity contribution in [2.45, 2.75) is 24.6 Å². The van der Waals surface area contributed by atoms with Crippen molar-refractivity contribution >= 4 is 45.5 Å². The van der Waals surface area contributed by atoms with E-state index in [1.807, 2.05) is 0 Å². The predicted octanol–water partition coefficient (Wildman–Crippen LogP) is 3.31. The summed E-state index contributed by atoms with van der Waals surface area (Å²) in [4.78, 5) is 22.3. The Morgan fingerprint density at radius 3 is 2.88 bits per heavy atom. The van der Waals surface area contributed by atoms with Crippen molar-refractivity contribution in [3.05, 3.63) is 33.9 Å². The van der Waals surface area contributed by atoms with Crippen LogP contribution in [-0.2, 0) is 4.79 Å². The molecule has 1 aromatic heterocycles. The Balaban J connectivity index is 1.87. The van der Waals surface area contributed by atoms with E-state index >= 15 is 0 Å². The number of anilines is 2. The topological polar surface area (TPSA) is 110 Å². The number of carbonyl (C=O) groups excluding carboxylic acids is 1. The second kappa shape index (κ2) is 8.60. The Morgan fingerprint density at radius 1 is 1.42 bits per heavy atom. The molecule has 128 valence electrons. The molecule has 10 heteroatoms. The minimum Gasteiger partial charge on any atom is -0.360 e. The fraction of sp³-hybridized carbons (Fsp3) is 0.357. The molecule has 1 amide bonds. The first-order valence-electron chi connectivity index (χ1n) is 7.24. The lowest BCUT2D eigenvalue weighted by Gasteiger charge is -2.07. The van der Waals surface area contributed by atoms with Gasteiger partial charge in [-0.2, -0.15) is 0 Å². The lowest BCUT2D eigenvalue weighted by Crippen LogP contribution is -2.14. The zero-order valence-electron chi connectivity index (χ0n) is 13.2. The number of aromatic nitrogens is 2. The quantitative estimate of drug-likeness (QED) is 0.418. The summed E-state index contributed by atoms with van der Waals surface area (Å²) in [6.07, 6.45) is 0.999. The fourth-order valence-electron chi connectivity index (χ4n) is 1.79. The van der Waals surface area contributed by atoms with E-state index in [0.717, 1.165) is 18.1 Å². The minimum absolute atomic E-state index is 0.000780. The molecule has 24 heavy (non-hydrogen) atoms. The zero-order valence-corrected chi connectivity index (χ0v) is 14.9. The number of nitro groups is 1. The average molecular weight is 367 g/mol. The Kier molecular flexibility index (Phi) is 6.50. The van der Waals surface area contributed by atoms with Gasteiger partial charge in [-0.1, -0.05) is 30.0 Å². The highest BCUT2D eigenvalue weighted by Crippen LogP contribution is 2.26. The molecule has 0 radical (unpaired) electrons. The highest BCUT2D eigenvalue weighted by Gasteiger charge is 2.12. The first-order valence-corrected chi connectivity index (χ1v) is 9.05. The third kappa shape index (κ3) is 5.17. The zero-order chi connectivity index (χ0) is 17.5. The highest BCUT2D eigenvalue weighted by atomic mass is 32.2. The molecule has 8 nitrogen and oxygen atoms in total. The summed E-state index contributed by atoms with van der Waals surface area (Å²) >= 11 is 2.70. The second-order valence-corrected chi connectivity index (χ2v) is 7.09. The van der Waals surface area contributed by atoms with Crippen molar-refractivity contribution in [3.63, 3.8) is 0 Å². The van der Waals surface area contributed by atoms with Crippen LogP contribution in [0.1, 0.15) is 18.9 Å². The molecule has 0 atom stereocenters. The Morgan fingerprint density at radius 2 is 2.21 bits per heavy atom. The van der Waals surface area contributed by atoms with Crippen LogP contribution in [0.25, 0.3) is 0 Å². The molecular weight excluding hydrogens is 350 g/mol. The molecule has 0 saturated heterocycles.